The van der Waals surface area contributed by atoms with E-state index in [2.05, 4.69) is 28.6 Å². The van der Waals surface area contributed by atoms with Crippen LogP contribution in [0.15, 0.2) is 23.1 Å². The van der Waals surface area contributed by atoms with Crippen LogP contribution in [0.5, 0.6) is 0 Å². The first kappa shape index (κ1) is 13.6. The zero-order chi connectivity index (χ0) is 12.0. The summed E-state index contributed by atoms with van der Waals surface area (Å²) in [5.41, 5.74) is 1.66. The van der Waals surface area contributed by atoms with Crippen LogP contribution < -0.4 is 0 Å². The van der Waals surface area contributed by atoms with Crippen molar-refractivity contribution in [2.45, 2.75) is 24.7 Å². The molecule has 4 heteroatoms. The molecular formula is C12H15BrO2S. The van der Waals surface area contributed by atoms with Gasteiger partial charge in [0.15, 0.2) is 0 Å². The average molecular weight is 303 g/mol. The van der Waals surface area contributed by atoms with Crippen LogP contribution in [-0.4, -0.2) is 17.9 Å². The Morgan fingerprint density at radius 2 is 2.25 bits per heavy atom. The van der Waals surface area contributed by atoms with Crippen LogP contribution in [0.4, 0.5) is 0 Å². The Morgan fingerprint density at radius 1 is 1.50 bits per heavy atom. The van der Waals surface area contributed by atoms with Crippen molar-refractivity contribution < 1.29 is 9.53 Å². The minimum absolute atomic E-state index is 0.250. The maximum atomic E-state index is 11.7. The summed E-state index contributed by atoms with van der Waals surface area (Å²) in [5, 5.41) is 0.923. The van der Waals surface area contributed by atoms with E-state index in [-0.39, 0.29) is 5.97 Å². The Balaban J connectivity index is 2.92. The van der Waals surface area contributed by atoms with Gasteiger partial charge < -0.3 is 4.74 Å². The molecule has 0 fully saturated rings. The van der Waals surface area contributed by atoms with Crippen molar-refractivity contribution in [3.05, 3.63) is 29.3 Å². The van der Waals surface area contributed by atoms with Crippen LogP contribution >= 0.6 is 28.6 Å². The maximum Gasteiger partial charge on any atom is 0.338 e. The Kier molecular flexibility index (Phi) is 5.91. The predicted molar refractivity (Wildman–Crippen MR) is 71.8 cm³/mol. The van der Waals surface area contributed by atoms with Crippen LogP contribution in [0, 0.1) is 0 Å². The molecule has 1 aromatic rings. The van der Waals surface area contributed by atoms with Crippen molar-refractivity contribution >= 4 is 34.5 Å². The Labute approximate surface area is 110 Å². The molecule has 0 bridgehead atoms. The average Bonchev–Trinajstić information content (AvgIpc) is 2.26. The molecule has 1 aromatic carbocycles. The highest BCUT2D eigenvalue weighted by Crippen LogP contribution is 2.18. The molecule has 0 amide bonds. The number of carbonyl (C=O) groups is 1. The summed E-state index contributed by atoms with van der Waals surface area (Å²) in [7, 11) is 0. The second kappa shape index (κ2) is 6.97. The lowest BCUT2D eigenvalue weighted by Crippen LogP contribution is -2.08. The number of benzene rings is 1. The summed E-state index contributed by atoms with van der Waals surface area (Å²) < 4.78 is 5.01. The number of esters is 1. The molecule has 0 unspecified atom stereocenters. The van der Waals surface area contributed by atoms with Crippen molar-refractivity contribution in [3.8, 4) is 0 Å². The topological polar surface area (TPSA) is 26.3 Å². The molecule has 0 aromatic heterocycles. The van der Waals surface area contributed by atoms with Crippen molar-refractivity contribution in [1.29, 1.82) is 0 Å². The molecule has 0 radical (unpaired) electrons. The van der Waals surface area contributed by atoms with Crippen molar-refractivity contribution in [1.82, 2.24) is 0 Å². The molecule has 0 heterocycles. The molecular weight excluding hydrogens is 288 g/mol. The van der Waals surface area contributed by atoms with Gasteiger partial charge in [0.25, 0.3) is 0 Å². The third-order valence-corrected chi connectivity index (χ3v) is 3.00. The van der Waals surface area contributed by atoms with E-state index in [1.807, 2.05) is 19.1 Å². The smallest absolute Gasteiger partial charge is 0.338 e. The number of hydrogen-bond acceptors (Lipinski definition) is 3. The SMILES string of the molecule is CCOC(=O)c1ccc(S)cc1CCCBr. The summed E-state index contributed by atoms with van der Waals surface area (Å²) in [6, 6.07) is 5.52. The van der Waals surface area contributed by atoms with Crippen molar-refractivity contribution in [2.75, 3.05) is 11.9 Å². The first-order chi connectivity index (χ1) is 7.69. The second-order valence-electron chi connectivity index (χ2n) is 3.35. The lowest BCUT2D eigenvalue weighted by molar-refractivity contribution is 0.0525. The predicted octanol–water partition coefficient (Wildman–Crippen LogP) is 3.48. The fourth-order valence-corrected chi connectivity index (χ4v) is 1.96. The highest BCUT2D eigenvalue weighted by molar-refractivity contribution is 9.09. The number of halogens is 1. The first-order valence-electron chi connectivity index (χ1n) is 5.24. The van der Waals surface area contributed by atoms with E-state index in [0.717, 1.165) is 28.6 Å². The van der Waals surface area contributed by atoms with Crippen LogP contribution in [0.2, 0.25) is 0 Å². The van der Waals surface area contributed by atoms with E-state index in [0.29, 0.717) is 12.2 Å². The zero-order valence-corrected chi connectivity index (χ0v) is 11.7. The van der Waals surface area contributed by atoms with Gasteiger partial charge >= 0.3 is 5.97 Å². The monoisotopic (exact) mass is 302 g/mol. The van der Waals surface area contributed by atoms with Gasteiger partial charge in [-0.1, -0.05) is 15.9 Å². The third-order valence-electron chi connectivity index (χ3n) is 2.16. The lowest BCUT2D eigenvalue weighted by atomic mass is 10.0. The second-order valence-corrected chi connectivity index (χ2v) is 4.66. The van der Waals surface area contributed by atoms with Crippen molar-refractivity contribution in [2.24, 2.45) is 0 Å². The van der Waals surface area contributed by atoms with Gasteiger partial charge in [0.1, 0.15) is 0 Å². The molecule has 0 aliphatic heterocycles. The fraction of sp³-hybridized carbons (Fsp3) is 0.417. The fourth-order valence-electron chi connectivity index (χ4n) is 1.45. The number of hydrogen-bond donors (Lipinski definition) is 1. The Morgan fingerprint density at radius 3 is 2.88 bits per heavy atom. The van der Waals surface area contributed by atoms with Gasteiger partial charge in [-0.3, -0.25) is 0 Å². The molecule has 2 nitrogen and oxygen atoms in total. The van der Waals surface area contributed by atoms with Gasteiger partial charge in [0.2, 0.25) is 0 Å². The molecule has 0 spiro atoms. The summed E-state index contributed by atoms with van der Waals surface area (Å²) in [4.78, 5) is 12.6. The molecule has 0 saturated carbocycles. The number of ether oxygens (including phenoxy) is 1. The largest absolute Gasteiger partial charge is 0.462 e. The van der Waals surface area contributed by atoms with E-state index in [1.54, 1.807) is 6.07 Å². The molecule has 0 N–H and O–H groups in total. The minimum atomic E-state index is -0.250. The lowest BCUT2D eigenvalue weighted by Gasteiger charge is -2.08. The quantitative estimate of drug-likeness (QED) is 0.512. The molecule has 1 rings (SSSR count). The van der Waals surface area contributed by atoms with Gasteiger partial charge in [-0.05, 0) is 43.5 Å². The zero-order valence-electron chi connectivity index (χ0n) is 9.20. The number of alkyl halides is 1. The number of rotatable bonds is 5. The number of thiol groups is 1. The van der Waals surface area contributed by atoms with Crippen LogP contribution in [0.1, 0.15) is 29.3 Å². The van der Waals surface area contributed by atoms with Gasteiger partial charge in [0, 0.05) is 10.2 Å². The normalized spacial score (nSPS) is 10.2. The standard InChI is InChI=1S/C12H15BrO2S/c1-2-15-12(14)11-6-5-10(16)8-9(11)4-3-7-13/h5-6,8,16H,2-4,7H2,1H3. The summed E-state index contributed by atoms with van der Waals surface area (Å²) >= 11 is 7.66. The van der Waals surface area contributed by atoms with Crippen LogP contribution in [-0.2, 0) is 11.2 Å². The van der Waals surface area contributed by atoms with E-state index in [9.17, 15) is 4.79 Å². The van der Waals surface area contributed by atoms with Gasteiger partial charge in [-0.15, -0.1) is 12.6 Å². The van der Waals surface area contributed by atoms with Crippen molar-refractivity contribution in [3.63, 3.8) is 0 Å². The van der Waals surface area contributed by atoms with Gasteiger partial charge in [-0.2, -0.15) is 0 Å². The third kappa shape index (κ3) is 3.83. The molecule has 0 saturated heterocycles. The van der Waals surface area contributed by atoms with Crippen LogP contribution in [0.3, 0.4) is 0 Å². The molecule has 88 valence electrons. The number of aryl methyl sites for hydroxylation is 1. The molecule has 16 heavy (non-hydrogen) atoms. The first-order valence-corrected chi connectivity index (χ1v) is 6.81. The van der Waals surface area contributed by atoms with Gasteiger partial charge in [-0.25, -0.2) is 4.79 Å². The van der Waals surface area contributed by atoms with E-state index in [4.69, 9.17) is 4.74 Å². The van der Waals surface area contributed by atoms with E-state index >= 15 is 0 Å². The Hall–Kier alpha value is -0.480. The Bertz CT molecular complexity index is 366. The summed E-state index contributed by atoms with van der Waals surface area (Å²) in [6.45, 7) is 2.21. The molecule has 0 aliphatic rings. The van der Waals surface area contributed by atoms with E-state index < -0.39 is 0 Å². The summed E-state index contributed by atoms with van der Waals surface area (Å²) in [5.74, 6) is -0.250. The maximum absolute atomic E-state index is 11.7. The molecule has 0 atom stereocenters. The number of carbonyl (C=O) groups excluding carboxylic acids is 1. The molecule has 0 aliphatic carbocycles. The van der Waals surface area contributed by atoms with Gasteiger partial charge in [0.05, 0.1) is 12.2 Å². The van der Waals surface area contributed by atoms with Crippen LogP contribution in [0.25, 0.3) is 0 Å². The minimum Gasteiger partial charge on any atom is -0.462 e. The highest BCUT2D eigenvalue weighted by Gasteiger charge is 2.12. The summed E-state index contributed by atoms with van der Waals surface area (Å²) in [6.07, 6.45) is 1.84. The van der Waals surface area contributed by atoms with E-state index in [1.165, 1.54) is 0 Å². The highest BCUT2D eigenvalue weighted by atomic mass is 79.9.